The first-order valence-corrected chi connectivity index (χ1v) is 23.4. The number of esters is 2. The monoisotopic (exact) mass is 858 g/mol. The zero-order chi connectivity index (χ0) is 44.2. The zero-order valence-electron chi connectivity index (χ0n) is 36.5. The number of carbonyl (C=O) groups excluding carboxylic acids is 2. The van der Waals surface area contributed by atoms with Gasteiger partial charge in [0.2, 0.25) is 0 Å². The molecule has 0 heterocycles. The number of unbranched alkanes of at least 4 members (excludes halogenated alkanes) is 7. The Labute approximate surface area is 361 Å². The summed E-state index contributed by atoms with van der Waals surface area (Å²) in [5.74, 6) is -2.52. The van der Waals surface area contributed by atoms with E-state index in [4.69, 9.17) is 24.8 Å². The predicted molar refractivity (Wildman–Crippen MR) is 244 cm³/mol. The topological polar surface area (TPSA) is 172 Å². The van der Waals surface area contributed by atoms with Gasteiger partial charge in [0.1, 0.15) is 12.6 Å². The maximum absolute atomic E-state index is 12.6. The van der Waals surface area contributed by atoms with Gasteiger partial charge in [-0.2, -0.15) is 0 Å². The second kappa shape index (κ2) is 41.9. The number of aliphatic carboxylic acids is 1. The third-order valence-electron chi connectivity index (χ3n) is 8.53. The highest BCUT2D eigenvalue weighted by Crippen LogP contribution is 2.43. The van der Waals surface area contributed by atoms with Gasteiger partial charge in [-0.25, -0.2) is 4.57 Å². The Morgan fingerprint density at radius 1 is 0.517 bits per heavy atom. The minimum absolute atomic E-state index is 0.0269. The summed E-state index contributed by atoms with van der Waals surface area (Å²) in [4.78, 5) is 46.0. The van der Waals surface area contributed by atoms with Crippen LogP contribution in [0, 0.1) is 0 Å². The van der Waals surface area contributed by atoms with E-state index in [2.05, 4.69) is 110 Å². The lowest BCUT2D eigenvalue weighted by molar-refractivity contribution is -0.161. The van der Waals surface area contributed by atoms with E-state index in [0.29, 0.717) is 19.3 Å². The van der Waals surface area contributed by atoms with Crippen molar-refractivity contribution >= 4 is 25.7 Å². The third-order valence-corrected chi connectivity index (χ3v) is 9.48. The van der Waals surface area contributed by atoms with Crippen molar-refractivity contribution in [1.29, 1.82) is 0 Å². The summed E-state index contributed by atoms with van der Waals surface area (Å²) in [5, 5.41) is 8.89. The number of rotatable bonds is 39. The van der Waals surface area contributed by atoms with Crippen LogP contribution in [0.5, 0.6) is 0 Å². The van der Waals surface area contributed by atoms with Crippen LogP contribution in [0.3, 0.4) is 0 Å². The summed E-state index contributed by atoms with van der Waals surface area (Å²) < 4.78 is 32.6. The van der Waals surface area contributed by atoms with Crippen molar-refractivity contribution in [3.8, 4) is 0 Å². The molecule has 4 N–H and O–H groups in total. The van der Waals surface area contributed by atoms with Crippen molar-refractivity contribution in [2.24, 2.45) is 5.73 Å². The summed E-state index contributed by atoms with van der Waals surface area (Å²) >= 11 is 0. The number of carbonyl (C=O) groups is 3. The molecule has 11 nitrogen and oxygen atoms in total. The standard InChI is InChI=1S/C48H76NO10P/c1-3-5-7-9-11-13-15-17-19-21-22-24-26-28-30-32-34-36-38-40-47(51)59-44(42-57-60(54,55)58-43-45(49)48(52)53)41-56-46(50)39-37-35-33-31-29-27-25-23-20-18-16-14-12-10-8-6-4-2/h5-8,11-14,17-20,22,24,28,30,34,36,44-45H,3-4,9-10,15-16,21,23,25-27,29,31-33,35,37-43,49H2,1-2H3,(H,52,53)(H,54,55)/b7-5-,8-6-,13-11-,14-12-,19-17-,20-18-,24-22-,30-28-,36-34-. The average molecular weight is 858 g/mol. The summed E-state index contributed by atoms with van der Waals surface area (Å²) in [6, 6.07) is -1.54. The number of allylic oxidation sites excluding steroid dienone is 18. The van der Waals surface area contributed by atoms with Gasteiger partial charge in [-0.15, -0.1) is 0 Å². The van der Waals surface area contributed by atoms with Crippen molar-refractivity contribution in [2.75, 3.05) is 19.8 Å². The molecule has 0 spiro atoms. The molecule has 3 unspecified atom stereocenters. The van der Waals surface area contributed by atoms with Crippen LogP contribution in [-0.4, -0.2) is 59.9 Å². The van der Waals surface area contributed by atoms with Crippen molar-refractivity contribution < 1.29 is 47.5 Å². The van der Waals surface area contributed by atoms with Crippen LogP contribution < -0.4 is 5.73 Å². The molecule has 0 aromatic heterocycles. The van der Waals surface area contributed by atoms with Gasteiger partial charge in [-0.3, -0.25) is 23.4 Å². The Morgan fingerprint density at radius 2 is 0.917 bits per heavy atom. The number of ether oxygens (including phenoxy) is 2. The predicted octanol–water partition coefficient (Wildman–Crippen LogP) is 11.8. The van der Waals surface area contributed by atoms with Crippen LogP contribution in [-0.2, 0) is 37.5 Å². The van der Waals surface area contributed by atoms with Gasteiger partial charge in [0.05, 0.1) is 13.2 Å². The number of phosphoric acid groups is 1. The van der Waals surface area contributed by atoms with Gasteiger partial charge in [-0.05, 0) is 83.5 Å². The summed E-state index contributed by atoms with van der Waals surface area (Å²) in [5.41, 5.74) is 5.33. The maximum Gasteiger partial charge on any atom is 0.472 e. The van der Waals surface area contributed by atoms with Gasteiger partial charge in [0.15, 0.2) is 6.10 Å². The average Bonchev–Trinajstić information content (AvgIpc) is 3.22. The number of nitrogens with two attached hydrogens (primary N) is 1. The highest BCUT2D eigenvalue weighted by molar-refractivity contribution is 7.47. The number of hydrogen-bond acceptors (Lipinski definition) is 9. The van der Waals surface area contributed by atoms with Gasteiger partial charge in [-0.1, -0.05) is 155 Å². The minimum Gasteiger partial charge on any atom is -0.480 e. The Balaban J connectivity index is 4.52. The molecule has 0 aliphatic rings. The van der Waals surface area contributed by atoms with E-state index in [1.165, 1.54) is 6.42 Å². The fourth-order valence-electron chi connectivity index (χ4n) is 5.16. The summed E-state index contributed by atoms with van der Waals surface area (Å²) in [7, 11) is -4.75. The first kappa shape index (κ1) is 56.1. The number of carboxylic acids is 1. The molecule has 0 aromatic rings. The molecule has 0 rings (SSSR count). The molecular formula is C48H76NO10P. The molecule has 0 aliphatic heterocycles. The summed E-state index contributed by atoms with van der Waals surface area (Å²) in [6.07, 6.45) is 54.5. The van der Waals surface area contributed by atoms with E-state index in [1.807, 2.05) is 18.2 Å². The van der Waals surface area contributed by atoms with E-state index >= 15 is 0 Å². The van der Waals surface area contributed by atoms with E-state index in [1.54, 1.807) is 0 Å². The highest BCUT2D eigenvalue weighted by Gasteiger charge is 2.28. The molecule has 0 amide bonds. The van der Waals surface area contributed by atoms with Crippen molar-refractivity contribution in [2.45, 2.75) is 154 Å². The molecule has 0 aromatic carbocycles. The molecule has 12 heteroatoms. The third kappa shape index (κ3) is 40.9. The molecule has 0 saturated heterocycles. The van der Waals surface area contributed by atoms with Gasteiger partial charge >= 0.3 is 25.7 Å². The van der Waals surface area contributed by atoms with E-state index < -0.39 is 51.1 Å². The number of phosphoric ester groups is 1. The molecule has 60 heavy (non-hydrogen) atoms. The molecule has 0 fully saturated rings. The van der Waals surface area contributed by atoms with Crippen LogP contribution in [0.4, 0.5) is 0 Å². The van der Waals surface area contributed by atoms with Crippen LogP contribution in [0.1, 0.15) is 142 Å². The Kier molecular flexibility index (Phi) is 39.2. The van der Waals surface area contributed by atoms with Crippen molar-refractivity contribution in [3.63, 3.8) is 0 Å². The van der Waals surface area contributed by atoms with Crippen LogP contribution in [0.25, 0.3) is 0 Å². The smallest absolute Gasteiger partial charge is 0.472 e. The van der Waals surface area contributed by atoms with Crippen LogP contribution in [0.15, 0.2) is 109 Å². The molecule has 0 radical (unpaired) electrons. The lowest BCUT2D eigenvalue weighted by atomic mass is 10.1. The first-order valence-electron chi connectivity index (χ1n) is 21.9. The van der Waals surface area contributed by atoms with Gasteiger partial charge in [0.25, 0.3) is 0 Å². The minimum atomic E-state index is -4.75. The first-order chi connectivity index (χ1) is 29.1. The van der Waals surface area contributed by atoms with Crippen LogP contribution >= 0.6 is 7.82 Å². The van der Waals surface area contributed by atoms with Crippen LogP contribution in [0.2, 0.25) is 0 Å². The van der Waals surface area contributed by atoms with Gasteiger partial charge in [0, 0.05) is 12.8 Å². The fourth-order valence-corrected chi connectivity index (χ4v) is 5.94. The SMILES string of the molecule is CC/C=C\C/C=C\C/C=C\C/C=C\C/C=C\C/C=C\CCC(=O)OC(COC(=O)CCCCCCCCC/C=C\C/C=C\C/C=C\CC)COP(=O)(O)OCC(N)C(=O)O. The van der Waals surface area contributed by atoms with Crippen molar-refractivity contribution in [1.82, 2.24) is 0 Å². The Hall–Kier alpha value is -3.86. The highest BCUT2D eigenvalue weighted by atomic mass is 31.2. The molecular weight excluding hydrogens is 781 g/mol. The van der Waals surface area contributed by atoms with E-state index in [9.17, 15) is 23.8 Å². The Bertz CT molecular complexity index is 1430. The molecule has 0 aliphatic carbocycles. The molecule has 338 valence electrons. The number of carboxylic acid groups (broad SMARTS) is 1. The van der Waals surface area contributed by atoms with Crippen molar-refractivity contribution in [3.05, 3.63) is 109 Å². The normalized spacial score (nSPS) is 14.7. The second-order valence-electron chi connectivity index (χ2n) is 14.1. The summed E-state index contributed by atoms with van der Waals surface area (Å²) in [6.45, 7) is 2.47. The number of hydrogen-bond donors (Lipinski definition) is 3. The van der Waals surface area contributed by atoms with E-state index in [-0.39, 0.29) is 19.4 Å². The molecule has 0 bridgehead atoms. The largest absolute Gasteiger partial charge is 0.480 e. The quantitative estimate of drug-likeness (QED) is 0.0232. The zero-order valence-corrected chi connectivity index (χ0v) is 37.4. The lowest BCUT2D eigenvalue weighted by Gasteiger charge is -2.20. The second-order valence-corrected chi connectivity index (χ2v) is 15.5. The van der Waals surface area contributed by atoms with Gasteiger partial charge < -0.3 is 25.2 Å². The van der Waals surface area contributed by atoms with E-state index in [0.717, 1.165) is 89.9 Å². The molecule has 3 atom stereocenters. The Morgan fingerprint density at radius 3 is 1.38 bits per heavy atom. The molecule has 0 saturated carbocycles. The maximum atomic E-state index is 12.6. The lowest BCUT2D eigenvalue weighted by Crippen LogP contribution is -2.34. The fraction of sp³-hybridized carbons (Fsp3) is 0.562.